The lowest BCUT2D eigenvalue weighted by Crippen LogP contribution is -2.42. The molecule has 2 aromatic carbocycles. The SMILES string of the molecule is COc1ccc(CN(C(=O)c2cc3ccccc3oc2=O)[C@@H]2CCS(=O)(=O)C2)cc1. The number of amides is 1. The van der Waals surface area contributed by atoms with Crippen molar-refractivity contribution < 1.29 is 22.4 Å². The number of sulfone groups is 1. The molecule has 156 valence electrons. The van der Waals surface area contributed by atoms with E-state index >= 15 is 0 Å². The minimum absolute atomic E-state index is 0.0242. The van der Waals surface area contributed by atoms with E-state index in [0.29, 0.717) is 23.1 Å². The molecule has 0 N–H and O–H groups in total. The van der Waals surface area contributed by atoms with Crippen molar-refractivity contribution in [2.24, 2.45) is 0 Å². The molecule has 3 aromatic rings. The van der Waals surface area contributed by atoms with E-state index in [0.717, 1.165) is 5.56 Å². The molecule has 4 rings (SSSR count). The number of hydrogen-bond acceptors (Lipinski definition) is 6. The van der Waals surface area contributed by atoms with Crippen LogP contribution in [0.1, 0.15) is 22.3 Å². The second-order valence-electron chi connectivity index (χ2n) is 7.32. The van der Waals surface area contributed by atoms with E-state index in [1.165, 1.54) is 11.0 Å². The third-order valence-corrected chi connectivity index (χ3v) is 7.04. The average molecular weight is 427 g/mol. The Morgan fingerprint density at radius 3 is 2.57 bits per heavy atom. The van der Waals surface area contributed by atoms with Crippen LogP contribution < -0.4 is 10.4 Å². The highest BCUT2D eigenvalue weighted by atomic mass is 32.2. The normalized spacial score (nSPS) is 17.7. The van der Waals surface area contributed by atoms with Crippen molar-refractivity contribution in [1.82, 2.24) is 4.90 Å². The van der Waals surface area contributed by atoms with Gasteiger partial charge in [-0.25, -0.2) is 13.2 Å². The number of para-hydroxylation sites is 1. The van der Waals surface area contributed by atoms with E-state index in [-0.39, 0.29) is 23.6 Å². The van der Waals surface area contributed by atoms with Gasteiger partial charge in [-0.1, -0.05) is 30.3 Å². The van der Waals surface area contributed by atoms with Crippen molar-refractivity contribution in [2.45, 2.75) is 19.0 Å². The lowest BCUT2D eigenvalue weighted by Gasteiger charge is -2.28. The number of benzene rings is 2. The van der Waals surface area contributed by atoms with Crippen LogP contribution in [0.4, 0.5) is 0 Å². The van der Waals surface area contributed by atoms with Gasteiger partial charge in [0.1, 0.15) is 16.9 Å². The van der Waals surface area contributed by atoms with Crippen molar-refractivity contribution >= 4 is 26.7 Å². The smallest absolute Gasteiger partial charge is 0.349 e. The molecule has 1 fully saturated rings. The maximum atomic E-state index is 13.4. The minimum Gasteiger partial charge on any atom is -0.497 e. The first kappa shape index (κ1) is 20.2. The van der Waals surface area contributed by atoms with Crippen LogP contribution >= 0.6 is 0 Å². The molecule has 7 nitrogen and oxygen atoms in total. The number of carbonyl (C=O) groups is 1. The van der Waals surface area contributed by atoms with Crippen molar-refractivity contribution in [3.63, 3.8) is 0 Å². The summed E-state index contributed by atoms with van der Waals surface area (Å²) in [6.07, 6.45) is 0.336. The Balaban J connectivity index is 1.72. The number of carbonyl (C=O) groups excluding carboxylic acids is 1. The summed E-state index contributed by atoms with van der Waals surface area (Å²) in [5, 5.41) is 0.629. The Kier molecular flexibility index (Phi) is 5.34. The van der Waals surface area contributed by atoms with Gasteiger partial charge in [0.25, 0.3) is 5.91 Å². The first-order valence-electron chi connectivity index (χ1n) is 9.53. The van der Waals surface area contributed by atoms with Gasteiger partial charge in [0.2, 0.25) is 0 Å². The van der Waals surface area contributed by atoms with Crippen LogP contribution in [-0.4, -0.2) is 43.9 Å². The molecule has 8 heteroatoms. The zero-order valence-corrected chi connectivity index (χ0v) is 17.2. The number of fused-ring (bicyclic) bond motifs is 1. The highest BCUT2D eigenvalue weighted by Crippen LogP contribution is 2.23. The van der Waals surface area contributed by atoms with Gasteiger partial charge in [-0.3, -0.25) is 4.79 Å². The second kappa shape index (κ2) is 7.95. The molecular formula is C22H21NO6S. The van der Waals surface area contributed by atoms with Gasteiger partial charge in [0.05, 0.1) is 18.6 Å². The Morgan fingerprint density at radius 2 is 1.90 bits per heavy atom. The first-order chi connectivity index (χ1) is 14.4. The zero-order valence-electron chi connectivity index (χ0n) is 16.4. The predicted octanol–water partition coefficient (Wildman–Crippen LogP) is 2.63. The molecule has 0 bridgehead atoms. The molecule has 1 aromatic heterocycles. The van der Waals surface area contributed by atoms with Crippen LogP contribution in [0.5, 0.6) is 5.75 Å². The standard InChI is InChI=1S/C22H21NO6S/c1-28-18-8-6-15(7-9-18)13-23(17-10-11-30(26,27)14-17)21(24)19-12-16-4-2-3-5-20(16)29-22(19)25/h2-9,12,17H,10-11,13-14H2,1H3/t17-/m1/s1. The molecule has 0 saturated carbocycles. The number of hydrogen-bond donors (Lipinski definition) is 0. The van der Waals surface area contributed by atoms with Crippen molar-refractivity contribution in [2.75, 3.05) is 18.6 Å². The molecule has 1 atom stereocenters. The maximum absolute atomic E-state index is 13.4. The van der Waals surface area contributed by atoms with Crippen molar-refractivity contribution in [1.29, 1.82) is 0 Å². The molecule has 0 spiro atoms. The monoisotopic (exact) mass is 427 g/mol. The fourth-order valence-electron chi connectivity index (χ4n) is 3.68. The fourth-order valence-corrected chi connectivity index (χ4v) is 5.41. The summed E-state index contributed by atoms with van der Waals surface area (Å²) < 4.78 is 34.6. The molecule has 1 aliphatic rings. The van der Waals surface area contributed by atoms with Gasteiger partial charge < -0.3 is 14.1 Å². The van der Waals surface area contributed by atoms with E-state index < -0.39 is 27.4 Å². The number of rotatable bonds is 5. The second-order valence-corrected chi connectivity index (χ2v) is 9.55. The molecule has 0 unspecified atom stereocenters. The van der Waals surface area contributed by atoms with Gasteiger partial charge in [0.15, 0.2) is 9.84 Å². The summed E-state index contributed by atoms with van der Waals surface area (Å²) in [6, 6.07) is 15.1. The number of methoxy groups -OCH3 is 1. The Hall–Kier alpha value is -3.13. The largest absolute Gasteiger partial charge is 0.497 e. The Bertz CT molecular complexity index is 1250. The van der Waals surface area contributed by atoms with Gasteiger partial charge in [-0.2, -0.15) is 0 Å². The minimum atomic E-state index is -3.22. The molecule has 1 saturated heterocycles. The number of nitrogens with zero attached hydrogens (tertiary/aromatic N) is 1. The lowest BCUT2D eigenvalue weighted by atomic mass is 10.1. The third kappa shape index (κ3) is 4.09. The van der Waals surface area contributed by atoms with E-state index in [4.69, 9.17) is 9.15 Å². The van der Waals surface area contributed by atoms with Crippen LogP contribution in [-0.2, 0) is 16.4 Å². The zero-order chi connectivity index (χ0) is 21.3. The van der Waals surface area contributed by atoms with E-state index in [1.54, 1.807) is 43.5 Å². The molecule has 1 aliphatic heterocycles. The van der Waals surface area contributed by atoms with Gasteiger partial charge in [-0.05, 0) is 36.2 Å². The maximum Gasteiger partial charge on any atom is 0.349 e. The third-order valence-electron chi connectivity index (χ3n) is 5.29. The number of ether oxygens (including phenoxy) is 1. The van der Waals surface area contributed by atoms with E-state index in [2.05, 4.69) is 0 Å². The molecule has 2 heterocycles. The average Bonchev–Trinajstić information content (AvgIpc) is 3.10. The Labute approximate surface area is 173 Å². The lowest BCUT2D eigenvalue weighted by molar-refractivity contribution is 0.0676. The summed E-state index contributed by atoms with van der Waals surface area (Å²) in [5.41, 5.74) is 0.355. The van der Waals surface area contributed by atoms with E-state index in [1.807, 2.05) is 12.1 Å². The summed E-state index contributed by atoms with van der Waals surface area (Å²) in [4.78, 5) is 27.4. The summed E-state index contributed by atoms with van der Waals surface area (Å²) in [5.74, 6) is 0.0483. The van der Waals surface area contributed by atoms with Crippen LogP contribution in [0.3, 0.4) is 0 Å². The molecule has 30 heavy (non-hydrogen) atoms. The topological polar surface area (TPSA) is 93.9 Å². The van der Waals surface area contributed by atoms with E-state index in [9.17, 15) is 18.0 Å². The van der Waals surface area contributed by atoms with Gasteiger partial charge in [0, 0.05) is 18.0 Å². The molecule has 1 amide bonds. The first-order valence-corrected chi connectivity index (χ1v) is 11.4. The van der Waals surface area contributed by atoms with Crippen LogP contribution in [0.25, 0.3) is 11.0 Å². The van der Waals surface area contributed by atoms with Gasteiger partial charge in [-0.15, -0.1) is 0 Å². The van der Waals surface area contributed by atoms with Crippen LogP contribution in [0, 0.1) is 0 Å². The van der Waals surface area contributed by atoms with Crippen LogP contribution in [0.2, 0.25) is 0 Å². The summed E-state index contributed by atoms with van der Waals surface area (Å²) in [6.45, 7) is 0.176. The fraction of sp³-hybridized carbons (Fsp3) is 0.273. The van der Waals surface area contributed by atoms with Crippen LogP contribution in [0.15, 0.2) is 63.8 Å². The molecular weight excluding hydrogens is 406 g/mol. The van der Waals surface area contributed by atoms with Gasteiger partial charge >= 0.3 is 5.63 Å². The van der Waals surface area contributed by atoms with Crippen molar-refractivity contribution in [3.8, 4) is 5.75 Å². The molecule has 0 radical (unpaired) electrons. The highest BCUT2D eigenvalue weighted by molar-refractivity contribution is 7.91. The summed E-state index contributed by atoms with van der Waals surface area (Å²) in [7, 11) is -1.66. The predicted molar refractivity (Wildman–Crippen MR) is 112 cm³/mol. The Morgan fingerprint density at radius 1 is 1.17 bits per heavy atom. The molecule has 0 aliphatic carbocycles. The summed E-state index contributed by atoms with van der Waals surface area (Å²) >= 11 is 0. The van der Waals surface area contributed by atoms with Crippen molar-refractivity contribution in [3.05, 3.63) is 76.1 Å². The quantitative estimate of drug-likeness (QED) is 0.581. The highest BCUT2D eigenvalue weighted by Gasteiger charge is 2.36.